The molecule has 0 aliphatic heterocycles. The maximum Gasteiger partial charge on any atom is 0.337 e. The molecule has 3 N–H and O–H groups in total. The summed E-state index contributed by atoms with van der Waals surface area (Å²) in [7, 11) is 1.34. The van der Waals surface area contributed by atoms with Crippen LogP contribution in [0.1, 0.15) is 24.2 Å². The molecule has 0 radical (unpaired) electrons. The number of nitrogens with one attached hydrogen (secondary N) is 1. The first kappa shape index (κ1) is 13.8. The molecule has 4 nitrogen and oxygen atoms in total. The highest BCUT2D eigenvalue weighted by atomic mass is 35.5. The van der Waals surface area contributed by atoms with Gasteiger partial charge in [0, 0.05) is 12.1 Å². The molecular formula is C12H17ClN2O2. The predicted molar refractivity (Wildman–Crippen MR) is 69.5 cm³/mol. The molecule has 1 rings (SSSR count). The van der Waals surface area contributed by atoms with Gasteiger partial charge in [-0.1, -0.05) is 11.6 Å². The van der Waals surface area contributed by atoms with Crippen LogP contribution in [0.4, 0.5) is 5.69 Å². The molecule has 0 aliphatic carbocycles. The topological polar surface area (TPSA) is 64.3 Å². The van der Waals surface area contributed by atoms with Crippen molar-refractivity contribution in [1.29, 1.82) is 0 Å². The molecule has 0 aromatic heterocycles. The number of halogens is 1. The van der Waals surface area contributed by atoms with Crippen LogP contribution in [0, 0.1) is 0 Å². The fourth-order valence-corrected chi connectivity index (χ4v) is 1.45. The fourth-order valence-electron chi connectivity index (χ4n) is 1.28. The molecule has 0 atom stereocenters. The average Bonchev–Trinajstić information content (AvgIpc) is 2.30. The van der Waals surface area contributed by atoms with E-state index in [4.69, 9.17) is 17.3 Å². The molecule has 0 unspecified atom stereocenters. The van der Waals surface area contributed by atoms with Gasteiger partial charge in [-0.15, -0.1) is 0 Å². The Labute approximate surface area is 106 Å². The van der Waals surface area contributed by atoms with Crippen molar-refractivity contribution < 1.29 is 9.53 Å². The lowest BCUT2D eigenvalue weighted by Gasteiger charge is -2.26. The van der Waals surface area contributed by atoms with Crippen LogP contribution in [-0.4, -0.2) is 25.2 Å². The number of carbonyl (C=O) groups excluding carboxylic acids is 1. The lowest BCUT2D eigenvalue weighted by atomic mass is 10.1. The monoisotopic (exact) mass is 256 g/mol. The minimum atomic E-state index is -0.393. The number of methoxy groups -OCH3 is 1. The third-order valence-electron chi connectivity index (χ3n) is 2.37. The Bertz CT molecular complexity index is 419. The minimum absolute atomic E-state index is 0.293. The van der Waals surface area contributed by atoms with Crippen molar-refractivity contribution in [3.05, 3.63) is 28.8 Å². The first-order valence-corrected chi connectivity index (χ1v) is 5.63. The molecule has 0 spiro atoms. The zero-order valence-electron chi connectivity index (χ0n) is 10.2. The van der Waals surface area contributed by atoms with E-state index in [2.05, 4.69) is 10.1 Å². The van der Waals surface area contributed by atoms with Crippen LogP contribution in [0.3, 0.4) is 0 Å². The average molecular weight is 257 g/mol. The molecule has 0 amide bonds. The van der Waals surface area contributed by atoms with Gasteiger partial charge >= 0.3 is 5.97 Å². The van der Waals surface area contributed by atoms with E-state index in [1.54, 1.807) is 18.2 Å². The van der Waals surface area contributed by atoms with E-state index in [1.165, 1.54) is 7.11 Å². The van der Waals surface area contributed by atoms with Crippen LogP contribution < -0.4 is 11.1 Å². The maximum absolute atomic E-state index is 11.4. The Morgan fingerprint density at radius 3 is 2.71 bits per heavy atom. The van der Waals surface area contributed by atoms with E-state index in [-0.39, 0.29) is 5.54 Å². The molecule has 0 bridgehead atoms. The summed E-state index contributed by atoms with van der Waals surface area (Å²) in [5.74, 6) is -0.393. The van der Waals surface area contributed by atoms with Gasteiger partial charge in [0.2, 0.25) is 0 Å². The second-order valence-electron chi connectivity index (χ2n) is 4.40. The van der Waals surface area contributed by atoms with E-state index in [9.17, 15) is 4.79 Å². The Morgan fingerprint density at radius 2 is 2.18 bits per heavy atom. The SMILES string of the molecule is COC(=O)c1ccc(Cl)c(NC(C)(C)CN)c1. The summed E-state index contributed by atoms with van der Waals surface area (Å²) in [4.78, 5) is 11.4. The number of hydrogen-bond acceptors (Lipinski definition) is 4. The van der Waals surface area contributed by atoms with E-state index in [0.29, 0.717) is 22.8 Å². The molecule has 0 aliphatic rings. The number of anilines is 1. The molecule has 0 saturated carbocycles. The largest absolute Gasteiger partial charge is 0.465 e. The van der Waals surface area contributed by atoms with Gasteiger partial charge in [-0.3, -0.25) is 0 Å². The zero-order chi connectivity index (χ0) is 13.1. The summed E-state index contributed by atoms with van der Waals surface area (Å²) >= 11 is 6.05. The normalized spacial score (nSPS) is 11.1. The molecular weight excluding hydrogens is 240 g/mol. The van der Waals surface area contributed by atoms with Crippen molar-refractivity contribution >= 4 is 23.3 Å². The standard InChI is InChI=1S/C12H17ClN2O2/c1-12(2,7-14)15-10-6-8(11(16)17-3)4-5-9(10)13/h4-6,15H,7,14H2,1-3H3. The number of nitrogens with two attached hydrogens (primary N) is 1. The summed E-state index contributed by atoms with van der Waals surface area (Å²) in [6.07, 6.45) is 0. The van der Waals surface area contributed by atoms with Gasteiger partial charge in [-0.05, 0) is 32.0 Å². The summed E-state index contributed by atoms with van der Waals surface area (Å²) in [6, 6.07) is 4.93. The zero-order valence-corrected chi connectivity index (χ0v) is 11.0. The lowest BCUT2D eigenvalue weighted by molar-refractivity contribution is 0.0601. The number of benzene rings is 1. The van der Waals surface area contributed by atoms with Crippen molar-refractivity contribution in [1.82, 2.24) is 0 Å². The van der Waals surface area contributed by atoms with Crippen LogP contribution in [-0.2, 0) is 4.74 Å². The quantitative estimate of drug-likeness (QED) is 0.812. The van der Waals surface area contributed by atoms with Gasteiger partial charge in [0.25, 0.3) is 0 Å². The Hall–Kier alpha value is -1.26. The number of carbonyl (C=O) groups is 1. The van der Waals surface area contributed by atoms with Crippen molar-refractivity contribution in [2.24, 2.45) is 5.73 Å². The molecule has 0 heterocycles. The van der Waals surface area contributed by atoms with Crippen LogP contribution in [0.15, 0.2) is 18.2 Å². The summed E-state index contributed by atoms with van der Waals surface area (Å²) < 4.78 is 4.65. The lowest BCUT2D eigenvalue weighted by Crippen LogP contribution is -2.39. The summed E-state index contributed by atoms with van der Waals surface area (Å²) in [5, 5.41) is 3.73. The highest BCUT2D eigenvalue weighted by Gasteiger charge is 2.17. The maximum atomic E-state index is 11.4. The third kappa shape index (κ3) is 3.61. The first-order valence-electron chi connectivity index (χ1n) is 5.26. The number of rotatable bonds is 4. The first-order chi connectivity index (χ1) is 7.89. The smallest absolute Gasteiger partial charge is 0.337 e. The highest BCUT2D eigenvalue weighted by Crippen LogP contribution is 2.26. The molecule has 1 aromatic rings. The van der Waals surface area contributed by atoms with E-state index in [1.807, 2.05) is 13.8 Å². The fraction of sp³-hybridized carbons (Fsp3) is 0.417. The van der Waals surface area contributed by atoms with Crippen molar-refractivity contribution in [2.45, 2.75) is 19.4 Å². The van der Waals surface area contributed by atoms with Gasteiger partial charge in [0.1, 0.15) is 0 Å². The van der Waals surface area contributed by atoms with Crippen LogP contribution in [0.5, 0.6) is 0 Å². The molecule has 17 heavy (non-hydrogen) atoms. The van der Waals surface area contributed by atoms with Crippen LogP contribution in [0.2, 0.25) is 5.02 Å². The predicted octanol–water partition coefficient (Wildman–Crippen LogP) is 2.28. The Kier molecular flexibility index (Phi) is 4.37. The summed E-state index contributed by atoms with van der Waals surface area (Å²) in [6.45, 7) is 4.36. The summed E-state index contributed by atoms with van der Waals surface area (Å²) in [5.41, 5.74) is 6.46. The molecule has 5 heteroatoms. The van der Waals surface area contributed by atoms with Gasteiger partial charge in [-0.2, -0.15) is 0 Å². The molecule has 94 valence electrons. The van der Waals surface area contributed by atoms with Crippen LogP contribution >= 0.6 is 11.6 Å². The third-order valence-corrected chi connectivity index (χ3v) is 2.70. The van der Waals surface area contributed by atoms with Crippen molar-refractivity contribution in [3.8, 4) is 0 Å². The van der Waals surface area contributed by atoms with Gasteiger partial charge in [-0.25, -0.2) is 4.79 Å². The molecule has 0 saturated heterocycles. The van der Waals surface area contributed by atoms with E-state index in [0.717, 1.165) is 0 Å². The van der Waals surface area contributed by atoms with Crippen LogP contribution in [0.25, 0.3) is 0 Å². The number of hydrogen-bond donors (Lipinski definition) is 2. The second-order valence-corrected chi connectivity index (χ2v) is 4.81. The molecule has 0 fully saturated rings. The Morgan fingerprint density at radius 1 is 1.53 bits per heavy atom. The van der Waals surface area contributed by atoms with Gasteiger partial charge in [0.05, 0.1) is 23.4 Å². The number of esters is 1. The van der Waals surface area contributed by atoms with E-state index >= 15 is 0 Å². The second kappa shape index (κ2) is 5.38. The minimum Gasteiger partial charge on any atom is -0.465 e. The molecule has 1 aromatic carbocycles. The van der Waals surface area contributed by atoms with Crippen molar-refractivity contribution in [3.63, 3.8) is 0 Å². The van der Waals surface area contributed by atoms with E-state index < -0.39 is 5.97 Å². The van der Waals surface area contributed by atoms with Gasteiger partial charge < -0.3 is 15.8 Å². The van der Waals surface area contributed by atoms with Gasteiger partial charge in [0.15, 0.2) is 0 Å². The number of ether oxygens (including phenoxy) is 1. The Balaban J connectivity index is 3.03. The highest BCUT2D eigenvalue weighted by molar-refractivity contribution is 6.33. The van der Waals surface area contributed by atoms with Crippen molar-refractivity contribution in [2.75, 3.05) is 19.0 Å².